The molecule has 102 valence electrons. The van der Waals surface area contributed by atoms with Crippen LogP contribution in [0.5, 0.6) is 0 Å². The fourth-order valence-electron chi connectivity index (χ4n) is 1.14. The van der Waals surface area contributed by atoms with Gasteiger partial charge in [-0.25, -0.2) is 4.79 Å². The van der Waals surface area contributed by atoms with Crippen molar-refractivity contribution in [1.82, 2.24) is 20.9 Å². The molecular formula is C11H14N4O4. The van der Waals surface area contributed by atoms with E-state index in [0.717, 1.165) is 5.56 Å². The molecule has 1 aromatic rings. The molecule has 0 atom stereocenters. The van der Waals surface area contributed by atoms with E-state index in [0.29, 0.717) is 0 Å². The van der Waals surface area contributed by atoms with Gasteiger partial charge in [-0.1, -0.05) is 6.07 Å². The van der Waals surface area contributed by atoms with Gasteiger partial charge in [0.2, 0.25) is 5.91 Å². The molecule has 3 amide bonds. The van der Waals surface area contributed by atoms with E-state index >= 15 is 0 Å². The Bertz CT molecular complexity index is 449. The average molecular weight is 266 g/mol. The largest absolute Gasteiger partial charge is 0.480 e. The maximum Gasteiger partial charge on any atom is 0.322 e. The van der Waals surface area contributed by atoms with Gasteiger partial charge in [0, 0.05) is 18.9 Å². The lowest BCUT2D eigenvalue weighted by molar-refractivity contribution is -0.137. The second-order valence-corrected chi connectivity index (χ2v) is 3.57. The second kappa shape index (κ2) is 7.64. The van der Waals surface area contributed by atoms with Gasteiger partial charge in [0.15, 0.2) is 0 Å². The summed E-state index contributed by atoms with van der Waals surface area (Å²) >= 11 is 0. The minimum absolute atomic E-state index is 0.286. The van der Waals surface area contributed by atoms with Crippen molar-refractivity contribution in [2.24, 2.45) is 0 Å². The highest BCUT2D eigenvalue weighted by atomic mass is 16.4. The van der Waals surface area contributed by atoms with Crippen LogP contribution in [0.25, 0.3) is 0 Å². The van der Waals surface area contributed by atoms with Crippen LogP contribution in [0.4, 0.5) is 4.79 Å². The summed E-state index contributed by atoms with van der Waals surface area (Å²) < 4.78 is 0. The summed E-state index contributed by atoms with van der Waals surface area (Å²) in [5, 5.41) is 15.3. The molecule has 0 aliphatic carbocycles. The monoisotopic (exact) mass is 266 g/mol. The molecule has 1 heterocycles. The van der Waals surface area contributed by atoms with Crippen LogP contribution in [-0.4, -0.2) is 41.1 Å². The molecule has 0 aliphatic heterocycles. The van der Waals surface area contributed by atoms with Gasteiger partial charge < -0.3 is 21.1 Å². The number of carboxylic acids is 1. The Balaban J connectivity index is 2.17. The third-order valence-electron chi connectivity index (χ3n) is 2.02. The Morgan fingerprint density at radius 1 is 1.16 bits per heavy atom. The maximum absolute atomic E-state index is 11.3. The van der Waals surface area contributed by atoms with Crippen molar-refractivity contribution in [2.45, 2.75) is 6.54 Å². The fraction of sp³-hybridized carbons (Fsp3) is 0.273. The zero-order valence-corrected chi connectivity index (χ0v) is 10.0. The van der Waals surface area contributed by atoms with Crippen molar-refractivity contribution in [2.75, 3.05) is 13.1 Å². The number of hydrogen-bond donors (Lipinski definition) is 4. The van der Waals surface area contributed by atoms with Gasteiger partial charge in [0.05, 0.1) is 6.54 Å². The van der Waals surface area contributed by atoms with E-state index in [9.17, 15) is 14.4 Å². The van der Waals surface area contributed by atoms with E-state index in [1.54, 1.807) is 24.5 Å². The standard InChI is InChI=1S/C11H14N4O4/c16-9(13-7-10(17)18)6-15-11(19)14-5-8-2-1-3-12-4-8/h1-4H,5-7H2,(H,13,16)(H,17,18)(H2,14,15,19). The first-order valence-electron chi connectivity index (χ1n) is 5.47. The number of amides is 3. The predicted molar refractivity (Wildman–Crippen MR) is 65.1 cm³/mol. The van der Waals surface area contributed by atoms with Crippen molar-refractivity contribution in [3.8, 4) is 0 Å². The van der Waals surface area contributed by atoms with Crippen LogP contribution in [0.15, 0.2) is 24.5 Å². The number of nitrogens with one attached hydrogen (secondary N) is 3. The van der Waals surface area contributed by atoms with E-state index < -0.39 is 24.5 Å². The molecule has 0 bridgehead atoms. The van der Waals surface area contributed by atoms with Gasteiger partial charge in [0.1, 0.15) is 6.54 Å². The summed E-state index contributed by atoms with van der Waals surface area (Å²) in [4.78, 5) is 36.5. The number of carbonyl (C=O) groups excluding carboxylic acids is 2. The van der Waals surface area contributed by atoms with E-state index in [1.165, 1.54) is 0 Å². The third-order valence-corrected chi connectivity index (χ3v) is 2.02. The van der Waals surface area contributed by atoms with Gasteiger partial charge in [0.25, 0.3) is 0 Å². The molecule has 8 nitrogen and oxygen atoms in total. The van der Waals surface area contributed by atoms with Crippen LogP contribution in [0.3, 0.4) is 0 Å². The highest BCUT2D eigenvalue weighted by Crippen LogP contribution is 1.93. The number of hydrogen-bond acceptors (Lipinski definition) is 4. The molecule has 0 aromatic carbocycles. The summed E-state index contributed by atoms with van der Waals surface area (Å²) in [5.74, 6) is -1.71. The number of aromatic nitrogens is 1. The lowest BCUT2D eigenvalue weighted by Crippen LogP contribution is -2.42. The zero-order valence-electron chi connectivity index (χ0n) is 10.0. The molecule has 0 saturated carbocycles. The lowest BCUT2D eigenvalue weighted by Gasteiger charge is -2.07. The van der Waals surface area contributed by atoms with Crippen molar-refractivity contribution in [1.29, 1.82) is 0 Å². The summed E-state index contributed by atoms with van der Waals surface area (Å²) in [7, 11) is 0. The summed E-state index contributed by atoms with van der Waals surface area (Å²) in [6.07, 6.45) is 3.23. The molecule has 1 rings (SSSR count). The van der Waals surface area contributed by atoms with Crippen molar-refractivity contribution < 1.29 is 19.5 Å². The first kappa shape index (κ1) is 14.4. The minimum atomic E-state index is -1.14. The Morgan fingerprint density at radius 2 is 1.95 bits per heavy atom. The zero-order chi connectivity index (χ0) is 14.1. The van der Waals surface area contributed by atoms with E-state index in [2.05, 4.69) is 20.9 Å². The molecule has 4 N–H and O–H groups in total. The molecule has 0 saturated heterocycles. The Labute approximate surface area is 109 Å². The smallest absolute Gasteiger partial charge is 0.322 e. The summed E-state index contributed by atoms with van der Waals surface area (Å²) in [6.45, 7) is -0.472. The second-order valence-electron chi connectivity index (χ2n) is 3.57. The van der Waals surface area contributed by atoms with Gasteiger partial charge in [-0.2, -0.15) is 0 Å². The number of carboxylic acid groups (broad SMARTS) is 1. The number of aliphatic carboxylic acids is 1. The third kappa shape index (κ3) is 6.61. The highest BCUT2D eigenvalue weighted by molar-refractivity contribution is 5.86. The number of pyridine rings is 1. The van der Waals surface area contributed by atoms with Crippen LogP contribution in [0.2, 0.25) is 0 Å². The first-order valence-corrected chi connectivity index (χ1v) is 5.47. The number of urea groups is 1. The van der Waals surface area contributed by atoms with Crippen LogP contribution in [0.1, 0.15) is 5.56 Å². The molecule has 1 aromatic heterocycles. The van der Waals surface area contributed by atoms with Crippen LogP contribution < -0.4 is 16.0 Å². The van der Waals surface area contributed by atoms with Gasteiger partial charge in [-0.05, 0) is 11.6 Å². The molecule has 0 unspecified atom stereocenters. The van der Waals surface area contributed by atoms with E-state index in [1.807, 2.05) is 0 Å². The highest BCUT2D eigenvalue weighted by Gasteiger charge is 2.06. The van der Waals surface area contributed by atoms with Crippen LogP contribution in [-0.2, 0) is 16.1 Å². The molecule has 8 heteroatoms. The van der Waals surface area contributed by atoms with Gasteiger partial charge in [-0.15, -0.1) is 0 Å². The molecular weight excluding hydrogens is 252 g/mol. The van der Waals surface area contributed by atoms with E-state index in [4.69, 9.17) is 5.11 Å². The fourth-order valence-corrected chi connectivity index (χ4v) is 1.14. The number of rotatable bonds is 6. The molecule has 19 heavy (non-hydrogen) atoms. The first-order chi connectivity index (χ1) is 9.08. The number of carbonyl (C=O) groups is 3. The topological polar surface area (TPSA) is 120 Å². The molecule has 0 aliphatic rings. The van der Waals surface area contributed by atoms with Crippen molar-refractivity contribution in [3.63, 3.8) is 0 Å². The molecule has 0 radical (unpaired) electrons. The predicted octanol–water partition coefficient (Wildman–Crippen LogP) is -0.918. The Hall–Kier alpha value is -2.64. The lowest BCUT2D eigenvalue weighted by atomic mass is 10.3. The summed E-state index contributed by atoms with van der Waals surface area (Å²) in [6, 6.07) is 3.02. The van der Waals surface area contributed by atoms with Gasteiger partial charge in [-0.3, -0.25) is 14.6 Å². The average Bonchev–Trinajstić information content (AvgIpc) is 2.41. The molecule has 0 fully saturated rings. The van der Waals surface area contributed by atoms with Gasteiger partial charge >= 0.3 is 12.0 Å². The quantitative estimate of drug-likeness (QED) is 0.531. The summed E-state index contributed by atoms with van der Waals surface area (Å²) in [5.41, 5.74) is 0.827. The normalized spacial score (nSPS) is 9.47. The SMILES string of the molecule is O=C(O)CNC(=O)CNC(=O)NCc1cccnc1. The Kier molecular flexibility index (Phi) is 5.80. The minimum Gasteiger partial charge on any atom is -0.480 e. The maximum atomic E-state index is 11.3. The van der Waals surface area contributed by atoms with Crippen molar-refractivity contribution in [3.05, 3.63) is 30.1 Å². The van der Waals surface area contributed by atoms with Crippen molar-refractivity contribution >= 4 is 17.9 Å². The van der Waals surface area contributed by atoms with E-state index in [-0.39, 0.29) is 13.1 Å². The number of nitrogens with zero attached hydrogens (tertiary/aromatic N) is 1. The molecule has 0 spiro atoms. The Morgan fingerprint density at radius 3 is 2.58 bits per heavy atom. The van der Waals surface area contributed by atoms with Crippen LogP contribution in [0, 0.1) is 0 Å². The van der Waals surface area contributed by atoms with Crippen LogP contribution >= 0.6 is 0 Å².